The van der Waals surface area contributed by atoms with Gasteiger partial charge in [-0.25, -0.2) is 13.1 Å². The maximum absolute atomic E-state index is 13.0. The fourth-order valence-electron chi connectivity index (χ4n) is 4.11. The van der Waals surface area contributed by atoms with Crippen molar-refractivity contribution in [3.63, 3.8) is 0 Å². The van der Waals surface area contributed by atoms with Crippen molar-refractivity contribution in [3.05, 3.63) is 107 Å². The van der Waals surface area contributed by atoms with E-state index in [2.05, 4.69) is 42.0 Å². The van der Waals surface area contributed by atoms with Crippen molar-refractivity contribution in [2.45, 2.75) is 30.6 Å². The molecule has 1 aliphatic rings. The minimum absolute atomic E-state index is 0.294. The number of nitrogens with one attached hydrogen (secondary N) is 1. The summed E-state index contributed by atoms with van der Waals surface area (Å²) in [6.45, 7) is 4.36. The van der Waals surface area contributed by atoms with Crippen molar-refractivity contribution in [1.82, 2.24) is 4.72 Å². The zero-order valence-corrected chi connectivity index (χ0v) is 17.5. The average Bonchev–Trinajstić information content (AvgIpc) is 2.75. The van der Waals surface area contributed by atoms with Crippen LogP contribution in [0.25, 0.3) is 5.57 Å². The van der Waals surface area contributed by atoms with E-state index < -0.39 is 15.4 Å². The molecule has 1 aliphatic carbocycles. The van der Waals surface area contributed by atoms with Crippen molar-refractivity contribution < 1.29 is 8.42 Å². The molecule has 1 N–H and O–H groups in total. The largest absolute Gasteiger partial charge is 0.240 e. The number of hydrogen-bond acceptors (Lipinski definition) is 2. The van der Waals surface area contributed by atoms with E-state index in [1.54, 1.807) is 12.1 Å². The van der Waals surface area contributed by atoms with Gasteiger partial charge in [0.15, 0.2) is 0 Å². The summed E-state index contributed by atoms with van der Waals surface area (Å²) in [7, 11) is -3.61. The van der Waals surface area contributed by atoms with Gasteiger partial charge in [-0.05, 0) is 54.7 Å². The fourth-order valence-corrected chi connectivity index (χ4v) is 5.21. The van der Waals surface area contributed by atoms with Gasteiger partial charge in [-0.1, -0.05) is 78.4 Å². The van der Waals surface area contributed by atoms with Crippen molar-refractivity contribution >= 4 is 15.6 Å². The van der Waals surface area contributed by atoms with Gasteiger partial charge in [0, 0.05) is 12.0 Å². The summed E-state index contributed by atoms with van der Waals surface area (Å²) in [5.74, 6) is 0. The Labute approximate surface area is 173 Å². The maximum atomic E-state index is 13.0. The van der Waals surface area contributed by atoms with Gasteiger partial charge in [-0.2, -0.15) is 0 Å². The predicted octanol–water partition coefficient (Wildman–Crippen LogP) is 5.07. The lowest BCUT2D eigenvalue weighted by molar-refractivity contribution is 0.494. The first-order valence-electron chi connectivity index (χ1n) is 9.81. The van der Waals surface area contributed by atoms with E-state index in [4.69, 9.17) is 0 Å². The minimum atomic E-state index is -3.61. The molecule has 148 valence electrons. The molecule has 4 heteroatoms. The molecule has 1 atom stereocenters. The van der Waals surface area contributed by atoms with Gasteiger partial charge in [0.25, 0.3) is 0 Å². The molecule has 1 unspecified atom stereocenters. The number of allylic oxidation sites excluding steroid dienone is 2. The molecule has 0 heterocycles. The Morgan fingerprint density at radius 1 is 0.862 bits per heavy atom. The van der Waals surface area contributed by atoms with Gasteiger partial charge < -0.3 is 0 Å². The highest BCUT2D eigenvalue weighted by Gasteiger charge is 2.38. The van der Waals surface area contributed by atoms with Crippen LogP contribution in [0, 0.1) is 6.92 Å². The summed E-state index contributed by atoms with van der Waals surface area (Å²) in [6.07, 6.45) is 2.96. The van der Waals surface area contributed by atoms with Crippen LogP contribution in [0.2, 0.25) is 0 Å². The molecule has 3 aromatic rings. The van der Waals surface area contributed by atoms with E-state index in [-0.39, 0.29) is 0 Å². The number of fused-ring (bicyclic) bond motifs is 1. The Kier molecular flexibility index (Phi) is 5.15. The molecule has 0 saturated heterocycles. The molecule has 0 fully saturated rings. The van der Waals surface area contributed by atoms with Crippen molar-refractivity contribution in [2.75, 3.05) is 6.54 Å². The van der Waals surface area contributed by atoms with Crippen LogP contribution in [0.1, 0.15) is 35.6 Å². The van der Waals surface area contributed by atoms with Crippen LogP contribution < -0.4 is 4.72 Å². The number of sulfonamides is 1. The zero-order chi connectivity index (χ0) is 20.5. The van der Waals surface area contributed by atoms with Crippen LogP contribution in [-0.2, 0) is 15.4 Å². The number of benzene rings is 3. The van der Waals surface area contributed by atoms with Gasteiger partial charge in [0.2, 0.25) is 10.0 Å². The smallest absolute Gasteiger partial charge is 0.210 e. The Bertz CT molecular complexity index is 1150. The van der Waals surface area contributed by atoms with Crippen molar-refractivity contribution in [1.29, 1.82) is 0 Å². The third-order valence-electron chi connectivity index (χ3n) is 5.85. The Morgan fingerprint density at radius 3 is 2.24 bits per heavy atom. The normalized spacial score (nSPS) is 18.8. The summed E-state index contributed by atoms with van der Waals surface area (Å²) in [5, 5.41) is 0. The van der Waals surface area contributed by atoms with Crippen LogP contribution in [0.4, 0.5) is 0 Å². The van der Waals surface area contributed by atoms with Crippen molar-refractivity contribution in [2.24, 2.45) is 0 Å². The van der Waals surface area contributed by atoms with Gasteiger partial charge >= 0.3 is 0 Å². The van der Waals surface area contributed by atoms with E-state index >= 15 is 0 Å². The van der Waals surface area contributed by atoms with Crippen LogP contribution in [0.5, 0.6) is 0 Å². The van der Waals surface area contributed by atoms with Gasteiger partial charge in [0.1, 0.15) is 0 Å². The van der Waals surface area contributed by atoms with E-state index in [1.165, 1.54) is 11.1 Å². The second kappa shape index (κ2) is 7.62. The lowest BCUT2D eigenvalue weighted by Crippen LogP contribution is -2.43. The van der Waals surface area contributed by atoms with Crippen LogP contribution in [0.3, 0.4) is 0 Å². The number of hydrogen-bond donors (Lipinski definition) is 1. The highest BCUT2D eigenvalue weighted by molar-refractivity contribution is 7.89. The molecule has 3 nitrogen and oxygen atoms in total. The third-order valence-corrected chi connectivity index (χ3v) is 7.26. The molecule has 0 bridgehead atoms. The van der Waals surface area contributed by atoms with E-state index in [9.17, 15) is 8.42 Å². The minimum Gasteiger partial charge on any atom is -0.210 e. The van der Waals surface area contributed by atoms with Gasteiger partial charge in [-0.15, -0.1) is 0 Å². The first kappa shape index (κ1) is 19.6. The average molecular weight is 404 g/mol. The molecular weight excluding hydrogens is 378 g/mol. The molecule has 4 rings (SSSR count). The third kappa shape index (κ3) is 3.66. The second-order valence-corrected chi connectivity index (χ2v) is 9.49. The Morgan fingerprint density at radius 2 is 1.52 bits per heavy atom. The van der Waals surface area contributed by atoms with Crippen LogP contribution >= 0.6 is 0 Å². The fraction of sp³-hybridized carbons (Fsp3) is 0.200. The summed E-state index contributed by atoms with van der Waals surface area (Å²) in [4.78, 5) is 0.294. The molecule has 3 aromatic carbocycles. The molecule has 0 saturated carbocycles. The maximum Gasteiger partial charge on any atom is 0.240 e. The van der Waals surface area contributed by atoms with E-state index in [0.29, 0.717) is 11.4 Å². The first-order chi connectivity index (χ1) is 13.9. The van der Waals surface area contributed by atoms with Gasteiger partial charge in [0.05, 0.1) is 4.90 Å². The van der Waals surface area contributed by atoms with Crippen molar-refractivity contribution in [3.8, 4) is 0 Å². The quantitative estimate of drug-likeness (QED) is 0.647. The zero-order valence-electron chi connectivity index (χ0n) is 16.7. The summed E-state index contributed by atoms with van der Waals surface area (Å²) in [6, 6.07) is 25.5. The summed E-state index contributed by atoms with van der Waals surface area (Å²) >= 11 is 0. The van der Waals surface area contributed by atoms with Gasteiger partial charge in [-0.3, -0.25) is 0 Å². The summed E-state index contributed by atoms with van der Waals surface area (Å²) < 4.78 is 28.9. The second-order valence-electron chi connectivity index (χ2n) is 7.72. The molecular formula is C25H25NO2S. The SMILES string of the molecule is CC1=CCC(CNS(=O)(=O)c2ccc(C)cc2)(c2ccccc2)c2ccccc21. The monoisotopic (exact) mass is 403 g/mol. The standard InChI is InChI=1S/C25H25NO2S/c1-19-12-14-22(15-13-19)29(27,28)26-18-25(21-8-4-3-5-9-21)17-16-20(2)23-10-6-7-11-24(23)25/h3-16,26H,17-18H2,1-2H3. The highest BCUT2D eigenvalue weighted by atomic mass is 32.2. The van der Waals surface area contributed by atoms with E-state index in [0.717, 1.165) is 23.1 Å². The predicted molar refractivity (Wildman–Crippen MR) is 118 cm³/mol. The molecule has 0 spiro atoms. The first-order valence-corrected chi connectivity index (χ1v) is 11.3. The lowest BCUT2D eigenvalue weighted by atomic mass is 9.67. The topological polar surface area (TPSA) is 46.2 Å². The molecule has 0 aromatic heterocycles. The van der Waals surface area contributed by atoms with E-state index in [1.807, 2.05) is 49.4 Å². The Hall–Kier alpha value is -2.69. The number of rotatable bonds is 5. The number of aryl methyl sites for hydroxylation is 1. The Balaban J connectivity index is 1.77. The molecule has 0 aliphatic heterocycles. The van der Waals surface area contributed by atoms with Crippen LogP contribution in [0.15, 0.2) is 89.8 Å². The molecule has 29 heavy (non-hydrogen) atoms. The molecule has 0 amide bonds. The summed E-state index contributed by atoms with van der Waals surface area (Å²) in [5.41, 5.74) is 5.27. The highest BCUT2D eigenvalue weighted by Crippen LogP contribution is 2.43. The van der Waals surface area contributed by atoms with Crippen LogP contribution in [-0.4, -0.2) is 15.0 Å². The molecule has 0 radical (unpaired) electrons. The lowest BCUT2D eigenvalue weighted by Gasteiger charge is -2.39.